The highest BCUT2D eigenvalue weighted by Gasteiger charge is 2.21. The first kappa shape index (κ1) is 21.8. The molecule has 11 heteroatoms. The van der Waals surface area contributed by atoms with Crippen molar-refractivity contribution in [1.29, 1.82) is 0 Å². The number of carbonyl (C=O) groups is 1. The van der Waals surface area contributed by atoms with Gasteiger partial charge in [0.1, 0.15) is 22.5 Å². The van der Waals surface area contributed by atoms with Gasteiger partial charge in [0, 0.05) is 10.4 Å². The van der Waals surface area contributed by atoms with E-state index < -0.39 is 6.04 Å². The van der Waals surface area contributed by atoms with Gasteiger partial charge in [0.05, 0.1) is 16.9 Å². The molecule has 1 amide bonds. The SMILES string of the molecule is CC(NC(=O)CSCc1nc2sc3c(c2c(=O)[nH]1)CCC3)c1nc(-c2ccc(F)cc2)no1. The maximum atomic E-state index is 13.1. The van der Waals surface area contributed by atoms with E-state index in [0.717, 1.165) is 35.0 Å². The minimum absolute atomic E-state index is 0.0959. The molecule has 3 heterocycles. The fraction of sp³-hybridized carbons (Fsp3) is 0.318. The van der Waals surface area contributed by atoms with E-state index in [2.05, 4.69) is 25.4 Å². The van der Waals surface area contributed by atoms with Crippen LogP contribution in [0.2, 0.25) is 0 Å². The van der Waals surface area contributed by atoms with Crippen LogP contribution in [0.5, 0.6) is 0 Å². The number of hydrogen-bond donors (Lipinski definition) is 2. The van der Waals surface area contributed by atoms with Crippen molar-refractivity contribution in [2.75, 3.05) is 5.75 Å². The Hall–Kier alpha value is -3.05. The van der Waals surface area contributed by atoms with Crippen molar-refractivity contribution in [2.24, 2.45) is 0 Å². The van der Waals surface area contributed by atoms with Crippen LogP contribution in [0.3, 0.4) is 0 Å². The van der Waals surface area contributed by atoms with Crippen molar-refractivity contribution in [1.82, 2.24) is 25.4 Å². The van der Waals surface area contributed by atoms with Crippen LogP contribution in [0.1, 0.15) is 41.5 Å². The molecule has 170 valence electrons. The van der Waals surface area contributed by atoms with Gasteiger partial charge in [-0.3, -0.25) is 9.59 Å². The van der Waals surface area contributed by atoms with Gasteiger partial charge >= 0.3 is 0 Å². The lowest BCUT2D eigenvalue weighted by Crippen LogP contribution is -2.28. The van der Waals surface area contributed by atoms with Crippen LogP contribution >= 0.6 is 23.1 Å². The van der Waals surface area contributed by atoms with E-state index in [1.807, 2.05) is 0 Å². The van der Waals surface area contributed by atoms with E-state index in [4.69, 9.17) is 4.52 Å². The van der Waals surface area contributed by atoms with Crippen LogP contribution in [0, 0.1) is 5.82 Å². The minimum atomic E-state index is -0.484. The van der Waals surface area contributed by atoms with Crippen molar-refractivity contribution in [2.45, 2.75) is 38.0 Å². The van der Waals surface area contributed by atoms with E-state index in [-0.39, 0.29) is 28.9 Å². The van der Waals surface area contributed by atoms with E-state index in [0.29, 0.717) is 23.0 Å². The van der Waals surface area contributed by atoms with Gasteiger partial charge in [0.25, 0.3) is 5.56 Å². The third kappa shape index (κ3) is 4.55. The second kappa shape index (κ2) is 9.06. The van der Waals surface area contributed by atoms with E-state index >= 15 is 0 Å². The third-order valence-corrected chi connectivity index (χ3v) is 7.52. The molecule has 3 aromatic heterocycles. The van der Waals surface area contributed by atoms with Gasteiger partial charge < -0.3 is 14.8 Å². The standard InChI is InChI=1S/C22H20FN5O3S2/c1-11(21-27-19(28-31-21)12-5-7-13(23)8-6-12)24-17(29)10-32-9-16-25-20(30)18-14-3-2-4-15(14)33-22(18)26-16/h5-8,11H,2-4,9-10H2,1H3,(H,24,29)(H,25,26,30). The smallest absolute Gasteiger partial charge is 0.259 e. The van der Waals surface area contributed by atoms with E-state index in [9.17, 15) is 14.0 Å². The zero-order valence-corrected chi connectivity index (χ0v) is 19.3. The maximum absolute atomic E-state index is 13.1. The Labute approximate surface area is 196 Å². The molecule has 0 saturated carbocycles. The summed E-state index contributed by atoms with van der Waals surface area (Å²) in [6.45, 7) is 1.74. The number of nitrogens with one attached hydrogen (secondary N) is 2. The van der Waals surface area contributed by atoms with Gasteiger partial charge in [0.2, 0.25) is 17.6 Å². The zero-order valence-electron chi connectivity index (χ0n) is 17.7. The van der Waals surface area contributed by atoms with Crippen LogP contribution in [-0.4, -0.2) is 31.8 Å². The van der Waals surface area contributed by atoms with Crippen LogP contribution < -0.4 is 10.9 Å². The molecule has 4 aromatic rings. The average molecular weight is 486 g/mol. The molecule has 33 heavy (non-hydrogen) atoms. The first-order valence-electron chi connectivity index (χ1n) is 10.5. The molecule has 1 aliphatic carbocycles. The summed E-state index contributed by atoms with van der Waals surface area (Å²) in [6.07, 6.45) is 3.06. The van der Waals surface area contributed by atoms with Crippen LogP contribution in [0.4, 0.5) is 4.39 Å². The molecular weight excluding hydrogens is 465 g/mol. The quantitative estimate of drug-likeness (QED) is 0.410. The third-order valence-electron chi connectivity index (χ3n) is 5.39. The lowest BCUT2D eigenvalue weighted by atomic mass is 10.2. The van der Waals surface area contributed by atoms with Gasteiger partial charge in [-0.05, 0) is 56.0 Å². The second-order valence-corrected chi connectivity index (χ2v) is 9.86. The molecule has 0 radical (unpaired) electrons. The molecule has 8 nitrogen and oxygen atoms in total. The average Bonchev–Trinajstić information content (AvgIpc) is 3.50. The van der Waals surface area contributed by atoms with Gasteiger partial charge in [-0.25, -0.2) is 9.37 Å². The fourth-order valence-electron chi connectivity index (χ4n) is 3.83. The Morgan fingerprint density at radius 3 is 2.94 bits per heavy atom. The summed E-state index contributed by atoms with van der Waals surface area (Å²) in [5.74, 6) is 1.21. The summed E-state index contributed by atoms with van der Waals surface area (Å²) in [6, 6.07) is 5.27. The number of aryl methyl sites for hydroxylation is 2. The number of aromatic amines is 1. The lowest BCUT2D eigenvalue weighted by molar-refractivity contribution is -0.119. The number of H-pyrrole nitrogens is 1. The normalized spacial score (nSPS) is 13.9. The van der Waals surface area contributed by atoms with Crippen LogP contribution in [-0.2, 0) is 23.4 Å². The Morgan fingerprint density at radius 2 is 2.12 bits per heavy atom. The molecular formula is C22H20FN5O3S2. The topological polar surface area (TPSA) is 114 Å². The maximum Gasteiger partial charge on any atom is 0.259 e. The Kier molecular flexibility index (Phi) is 5.98. The Morgan fingerprint density at radius 1 is 1.30 bits per heavy atom. The van der Waals surface area contributed by atoms with Crippen molar-refractivity contribution in [3.8, 4) is 11.4 Å². The number of nitrogens with zero attached hydrogens (tertiary/aromatic N) is 3. The first-order chi connectivity index (χ1) is 16.0. The summed E-state index contributed by atoms with van der Waals surface area (Å²) in [5, 5.41) is 7.44. The molecule has 0 aliphatic heterocycles. The number of rotatable bonds is 7. The van der Waals surface area contributed by atoms with Gasteiger partial charge in [-0.2, -0.15) is 4.98 Å². The van der Waals surface area contributed by atoms with Gasteiger partial charge in [-0.15, -0.1) is 23.1 Å². The summed E-state index contributed by atoms with van der Waals surface area (Å²) >= 11 is 2.96. The molecule has 1 atom stereocenters. The molecule has 0 fully saturated rings. The number of thioether (sulfide) groups is 1. The summed E-state index contributed by atoms with van der Waals surface area (Å²) in [4.78, 5) is 38.7. The predicted molar refractivity (Wildman–Crippen MR) is 125 cm³/mol. The van der Waals surface area contributed by atoms with Crippen molar-refractivity contribution in [3.63, 3.8) is 0 Å². The van der Waals surface area contributed by atoms with E-state index in [1.54, 1.807) is 30.4 Å². The number of halogens is 1. The molecule has 0 bridgehead atoms. The highest BCUT2D eigenvalue weighted by Crippen LogP contribution is 2.34. The number of thiophene rings is 1. The summed E-state index contributed by atoms with van der Waals surface area (Å²) in [5.41, 5.74) is 1.68. The van der Waals surface area contributed by atoms with Crippen molar-refractivity contribution < 1.29 is 13.7 Å². The molecule has 1 aromatic carbocycles. The molecule has 0 spiro atoms. The number of amides is 1. The predicted octanol–water partition coefficient (Wildman–Crippen LogP) is 3.77. The van der Waals surface area contributed by atoms with Gasteiger partial charge in [-0.1, -0.05) is 5.16 Å². The number of benzene rings is 1. The molecule has 0 saturated heterocycles. The molecule has 2 N–H and O–H groups in total. The second-order valence-electron chi connectivity index (χ2n) is 7.80. The van der Waals surface area contributed by atoms with E-state index in [1.165, 1.54) is 28.8 Å². The molecule has 5 rings (SSSR count). The summed E-state index contributed by atoms with van der Waals surface area (Å²) < 4.78 is 18.3. The Balaban J connectivity index is 1.16. The fourth-order valence-corrected chi connectivity index (χ4v) is 5.81. The Bertz CT molecular complexity index is 1380. The highest BCUT2D eigenvalue weighted by atomic mass is 32.2. The zero-order chi connectivity index (χ0) is 22.9. The van der Waals surface area contributed by atoms with Crippen molar-refractivity contribution >= 4 is 39.2 Å². The van der Waals surface area contributed by atoms with Crippen molar-refractivity contribution in [3.05, 3.63) is 62.6 Å². The number of aromatic nitrogens is 4. The summed E-state index contributed by atoms with van der Waals surface area (Å²) in [7, 11) is 0. The van der Waals surface area contributed by atoms with Gasteiger partial charge in [0.15, 0.2) is 0 Å². The number of hydrogen-bond acceptors (Lipinski definition) is 8. The highest BCUT2D eigenvalue weighted by molar-refractivity contribution is 7.99. The minimum Gasteiger partial charge on any atom is -0.344 e. The van der Waals surface area contributed by atoms with Crippen LogP contribution in [0.25, 0.3) is 21.6 Å². The monoisotopic (exact) mass is 485 g/mol. The first-order valence-corrected chi connectivity index (χ1v) is 12.4. The molecule has 1 aliphatic rings. The van der Waals surface area contributed by atoms with Crippen LogP contribution in [0.15, 0.2) is 33.6 Å². The molecule has 1 unspecified atom stereocenters. The number of fused-ring (bicyclic) bond motifs is 3. The lowest BCUT2D eigenvalue weighted by Gasteiger charge is -2.09. The number of carbonyl (C=O) groups excluding carboxylic acids is 1. The largest absolute Gasteiger partial charge is 0.344 e.